The van der Waals surface area contributed by atoms with Gasteiger partial charge < -0.3 is 20.6 Å². The topological polar surface area (TPSA) is 81.7 Å². The van der Waals surface area contributed by atoms with Crippen molar-refractivity contribution in [1.29, 1.82) is 0 Å². The van der Waals surface area contributed by atoms with E-state index >= 15 is 0 Å². The molecule has 1 saturated heterocycles. The molecule has 6 nitrogen and oxygen atoms in total. The highest BCUT2D eigenvalue weighted by molar-refractivity contribution is 5.87. The van der Waals surface area contributed by atoms with Crippen molar-refractivity contribution in [2.75, 3.05) is 13.6 Å². The molecule has 3 N–H and O–H groups in total. The van der Waals surface area contributed by atoms with Gasteiger partial charge in [0.15, 0.2) is 0 Å². The number of amides is 2. The molecule has 1 aromatic carbocycles. The number of aliphatic hydroxyl groups excluding tert-OH is 1. The number of carbonyl (C=O) groups is 2. The normalized spacial score (nSPS) is 24.9. The lowest BCUT2D eigenvalue weighted by atomic mass is 9.92. The maximum absolute atomic E-state index is 13.0. The molecule has 2 amide bonds. The van der Waals surface area contributed by atoms with E-state index in [1.54, 1.807) is 18.9 Å². The Morgan fingerprint density at radius 3 is 2.49 bits per heavy atom. The van der Waals surface area contributed by atoms with E-state index in [1.807, 2.05) is 0 Å². The van der Waals surface area contributed by atoms with Crippen LogP contribution in [-0.4, -0.2) is 53.6 Å². The fourth-order valence-electron chi connectivity index (χ4n) is 4.78. The van der Waals surface area contributed by atoms with Crippen molar-refractivity contribution in [1.82, 2.24) is 15.5 Å². The molecular formula is C29H49N3O3. The molecule has 1 fully saturated rings. The molecule has 1 aromatic rings. The monoisotopic (exact) mass is 487 g/mol. The van der Waals surface area contributed by atoms with E-state index in [9.17, 15) is 14.7 Å². The minimum absolute atomic E-state index is 0.00973. The molecule has 1 heterocycles. The van der Waals surface area contributed by atoms with Gasteiger partial charge in [0.25, 0.3) is 0 Å². The molecule has 6 heteroatoms. The molecule has 1 aliphatic heterocycles. The molecular weight excluding hydrogens is 438 g/mol. The maximum Gasteiger partial charge on any atom is 0.242 e. The zero-order valence-electron chi connectivity index (χ0n) is 22.7. The summed E-state index contributed by atoms with van der Waals surface area (Å²) in [5.41, 5.74) is 2.49. The Balaban J connectivity index is 2.02. The number of likely N-dealkylation sites (N-methyl/N-ethyl adjacent to an activating group) is 1. The number of nitrogens with one attached hydrogen (secondary N) is 2. The van der Waals surface area contributed by atoms with Gasteiger partial charge in [-0.25, -0.2) is 0 Å². The van der Waals surface area contributed by atoms with E-state index < -0.39 is 12.1 Å². The first-order valence-corrected chi connectivity index (χ1v) is 13.7. The lowest BCUT2D eigenvalue weighted by Crippen LogP contribution is -2.53. The van der Waals surface area contributed by atoms with Gasteiger partial charge in [-0.2, -0.15) is 0 Å². The summed E-state index contributed by atoms with van der Waals surface area (Å²) in [5, 5.41) is 17.5. The maximum atomic E-state index is 13.0. The Morgan fingerprint density at radius 2 is 1.77 bits per heavy atom. The van der Waals surface area contributed by atoms with Gasteiger partial charge in [-0.1, -0.05) is 83.6 Å². The summed E-state index contributed by atoms with van der Waals surface area (Å²) in [5.74, 6) is 0.687. The van der Waals surface area contributed by atoms with Crippen LogP contribution >= 0.6 is 0 Å². The Bertz CT molecular complexity index is 782. The second-order valence-electron chi connectivity index (χ2n) is 10.9. The quantitative estimate of drug-likeness (QED) is 0.541. The zero-order chi connectivity index (χ0) is 25.8. The van der Waals surface area contributed by atoms with E-state index in [-0.39, 0.29) is 17.9 Å². The van der Waals surface area contributed by atoms with Crippen LogP contribution < -0.4 is 10.6 Å². The number of aliphatic hydroxyl groups is 1. The molecule has 0 aliphatic carbocycles. The molecule has 0 radical (unpaired) electrons. The van der Waals surface area contributed by atoms with Crippen molar-refractivity contribution in [3.63, 3.8) is 0 Å². The Hall–Kier alpha value is -1.92. The summed E-state index contributed by atoms with van der Waals surface area (Å²) in [6, 6.07) is 7.59. The second-order valence-corrected chi connectivity index (χ2v) is 10.9. The van der Waals surface area contributed by atoms with Crippen LogP contribution in [0.1, 0.15) is 103 Å². The molecule has 0 unspecified atom stereocenters. The summed E-state index contributed by atoms with van der Waals surface area (Å²) < 4.78 is 0. The van der Waals surface area contributed by atoms with E-state index in [0.717, 1.165) is 32.1 Å². The largest absolute Gasteiger partial charge is 0.390 e. The first-order valence-electron chi connectivity index (χ1n) is 13.7. The van der Waals surface area contributed by atoms with Crippen molar-refractivity contribution in [3.8, 4) is 0 Å². The van der Waals surface area contributed by atoms with Crippen molar-refractivity contribution in [3.05, 3.63) is 35.4 Å². The lowest BCUT2D eigenvalue weighted by Gasteiger charge is -2.31. The van der Waals surface area contributed by atoms with E-state index in [1.165, 1.54) is 30.4 Å². The number of hydrogen-bond acceptors (Lipinski definition) is 4. The summed E-state index contributed by atoms with van der Waals surface area (Å²) in [7, 11) is 1.70. The Kier molecular flexibility index (Phi) is 12.8. The molecule has 0 aromatic heterocycles. The standard InChI is InChI=1S/C29H49N3O3/c1-21(2)25-15-12-14-24(18-25)19-30-20-27(33)26-17-22(3)13-10-8-6-7-9-11-16-28(34)32(5)23(4)29(35)31-26/h12,14-15,18,21-23,26-27,30,33H,6-11,13,16-17,19-20H2,1-5H3,(H,31,35)/t22-,23-,26+,27-/m1/s1. The molecule has 0 saturated carbocycles. The van der Waals surface area contributed by atoms with Gasteiger partial charge in [-0.05, 0) is 42.7 Å². The van der Waals surface area contributed by atoms with Crippen LogP contribution in [0.25, 0.3) is 0 Å². The molecule has 4 atom stereocenters. The molecule has 1 aliphatic rings. The van der Waals surface area contributed by atoms with Crippen molar-refractivity contribution in [2.45, 2.75) is 116 Å². The molecule has 198 valence electrons. The molecule has 2 rings (SSSR count). The van der Waals surface area contributed by atoms with Crippen molar-refractivity contribution in [2.24, 2.45) is 5.92 Å². The number of carbonyl (C=O) groups excluding carboxylic acids is 2. The highest BCUT2D eigenvalue weighted by Gasteiger charge is 2.28. The predicted molar refractivity (Wildman–Crippen MR) is 143 cm³/mol. The van der Waals surface area contributed by atoms with Crippen LogP contribution in [0.2, 0.25) is 0 Å². The number of rotatable bonds is 6. The Morgan fingerprint density at radius 1 is 1.09 bits per heavy atom. The molecule has 35 heavy (non-hydrogen) atoms. The number of hydrogen-bond donors (Lipinski definition) is 3. The predicted octanol–water partition coefficient (Wildman–Crippen LogP) is 4.75. The van der Waals surface area contributed by atoms with Crippen LogP contribution in [0.5, 0.6) is 0 Å². The van der Waals surface area contributed by atoms with E-state index in [2.05, 4.69) is 55.7 Å². The van der Waals surface area contributed by atoms with Crippen molar-refractivity contribution < 1.29 is 14.7 Å². The van der Waals surface area contributed by atoms with Crippen LogP contribution in [0, 0.1) is 5.92 Å². The van der Waals surface area contributed by atoms with Gasteiger partial charge in [0.1, 0.15) is 6.04 Å². The number of benzene rings is 1. The van der Waals surface area contributed by atoms with E-state index in [4.69, 9.17) is 0 Å². The van der Waals surface area contributed by atoms with Crippen molar-refractivity contribution >= 4 is 11.8 Å². The van der Waals surface area contributed by atoms with Crippen LogP contribution in [0.4, 0.5) is 0 Å². The fraction of sp³-hybridized carbons (Fsp3) is 0.724. The second kappa shape index (κ2) is 15.2. The van der Waals surface area contributed by atoms with Gasteiger partial charge in [-0.15, -0.1) is 0 Å². The average molecular weight is 488 g/mol. The summed E-state index contributed by atoms with van der Waals surface area (Å²) >= 11 is 0. The van der Waals surface area contributed by atoms with Gasteiger partial charge in [0, 0.05) is 26.6 Å². The Labute approximate surface area is 213 Å². The fourth-order valence-corrected chi connectivity index (χ4v) is 4.78. The SMILES string of the molecule is CC(C)c1cccc(CNC[C@@H](O)[C@@H]2C[C@H](C)CCCCCCCCC(=O)N(C)[C@H](C)C(=O)N2)c1. The minimum Gasteiger partial charge on any atom is -0.390 e. The molecule has 0 spiro atoms. The molecule has 0 bridgehead atoms. The zero-order valence-corrected chi connectivity index (χ0v) is 22.7. The summed E-state index contributed by atoms with van der Waals surface area (Å²) in [6.07, 6.45) is 8.28. The highest BCUT2D eigenvalue weighted by atomic mass is 16.3. The summed E-state index contributed by atoms with van der Waals surface area (Å²) in [6.45, 7) is 9.40. The van der Waals surface area contributed by atoms with Crippen LogP contribution in [0.3, 0.4) is 0 Å². The smallest absolute Gasteiger partial charge is 0.242 e. The number of nitrogens with zero attached hydrogens (tertiary/aromatic N) is 1. The minimum atomic E-state index is -0.707. The average Bonchev–Trinajstić information content (AvgIpc) is 2.83. The third-order valence-electron chi connectivity index (χ3n) is 7.44. The highest BCUT2D eigenvalue weighted by Crippen LogP contribution is 2.19. The first kappa shape index (κ1) is 29.3. The third kappa shape index (κ3) is 10.3. The van der Waals surface area contributed by atoms with Gasteiger partial charge in [0.2, 0.25) is 11.8 Å². The van der Waals surface area contributed by atoms with E-state index in [0.29, 0.717) is 31.3 Å². The van der Waals surface area contributed by atoms with Crippen LogP contribution in [-0.2, 0) is 16.1 Å². The van der Waals surface area contributed by atoms with Gasteiger partial charge in [-0.3, -0.25) is 9.59 Å². The van der Waals surface area contributed by atoms with Crippen LogP contribution in [0.15, 0.2) is 24.3 Å². The lowest BCUT2D eigenvalue weighted by molar-refractivity contribution is -0.139. The van der Waals surface area contributed by atoms with Gasteiger partial charge in [0.05, 0.1) is 12.1 Å². The first-order chi connectivity index (χ1) is 16.7. The summed E-state index contributed by atoms with van der Waals surface area (Å²) in [4.78, 5) is 27.2. The third-order valence-corrected chi connectivity index (χ3v) is 7.44. The van der Waals surface area contributed by atoms with Gasteiger partial charge >= 0.3 is 0 Å².